The van der Waals surface area contributed by atoms with Crippen LogP contribution in [0.5, 0.6) is 0 Å². The summed E-state index contributed by atoms with van der Waals surface area (Å²) in [4.78, 5) is 15.2. The molecular formula is C14H17N3O2S. The van der Waals surface area contributed by atoms with Crippen molar-refractivity contribution in [2.24, 2.45) is 5.84 Å². The standard InChI is InChI=1S/C14H17N3O2S/c1-9-11-5-7-20-13(11)4-6-17(9)8-10-2-3-12(19-10)14(18)16-15/h2-3,5,7,9H,4,6,8,15H2,1H3,(H,16,18). The number of fused-ring (bicyclic) bond motifs is 1. The van der Waals surface area contributed by atoms with Gasteiger partial charge in [0.05, 0.1) is 6.54 Å². The summed E-state index contributed by atoms with van der Waals surface area (Å²) in [6, 6.07) is 6.07. The molecule has 106 valence electrons. The molecule has 0 saturated heterocycles. The monoisotopic (exact) mass is 291 g/mol. The van der Waals surface area contributed by atoms with Gasteiger partial charge in [0.25, 0.3) is 0 Å². The summed E-state index contributed by atoms with van der Waals surface area (Å²) in [6.07, 6.45) is 1.08. The number of hydrazine groups is 1. The minimum absolute atomic E-state index is 0.253. The quantitative estimate of drug-likeness (QED) is 0.516. The molecule has 1 amide bonds. The second-order valence-corrected chi connectivity index (χ2v) is 5.94. The Balaban J connectivity index is 1.73. The molecule has 20 heavy (non-hydrogen) atoms. The smallest absolute Gasteiger partial charge is 0.300 e. The minimum atomic E-state index is -0.400. The predicted octanol–water partition coefficient (Wildman–Crippen LogP) is 2.06. The van der Waals surface area contributed by atoms with Crippen LogP contribution in [0.2, 0.25) is 0 Å². The zero-order valence-electron chi connectivity index (χ0n) is 11.3. The first kappa shape index (κ1) is 13.4. The van der Waals surface area contributed by atoms with E-state index in [-0.39, 0.29) is 5.76 Å². The number of furan rings is 1. The highest BCUT2D eigenvalue weighted by atomic mass is 32.1. The average Bonchev–Trinajstić information content (AvgIpc) is 3.10. The predicted molar refractivity (Wildman–Crippen MR) is 77.2 cm³/mol. The number of amides is 1. The first-order valence-corrected chi connectivity index (χ1v) is 7.47. The Hall–Kier alpha value is -1.63. The van der Waals surface area contributed by atoms with Crippen molar-refractivity contribution in [1.29, 1.82) is 0 Å². The SMILES string of the molecule is CC1c2ccsc2CCN1Cc1ccc(C(=O)NN)o1. The summed E-state index contributed by atoms with van der Waals surface area (Å²) in [5.74, 6) is 5.73. The normalized spacial score (nSPS) is 18.8. The van der Waals surface area contributed by atoms with Crippen LogP contribution in [0.1, 0.15) is 39.7 Å². The van der Waals surface area contributed by atoms with Crippen molar-refractivity contribution >= 4 is 17.2 Å². The topological polar surface area (TPSA) is 71.5 Å². The molecule has 3 rings (SSSR count). The van der Waals surface area contributed by atoms with Gasteiger partial charge in [-0.15, -0.1) is 11.3 Å². The Kier molecular flexibility index (Phi) is 3.60. The zero-order chi connectivity index (χ0) is 14.1. The summed E-state index contributed by atoms with van der Waals surface area (Å²) in [5, 5.41) is 2.15. The number of thiophene rings is 1. The lowest BCUT2D eigenvalue weighted by molar-refractivity contribution is 0.0920. The fraction of sp³-hybridized carbons (Fsp3) is 0.357. The molecule has 1 unspecified atom stereocenters. The molecule has 3 heterocycles. The lowest BCUT2D eigenvalue weighted by Gasteiger charge is -2.32. The van der Waals surface area contributed by atoms with E-state index in [1.165, 1.54) is 10.4 Å². The maximum absolute atomic E-state index is 11.4. The Bertz CT molecular complexity index is 619. The van der Waals surface area contributed by atoms with Crippen LogP contribution in [0.15, 0.2) is 28.0 Å². The molecule has 0 radical (unpaired) electrons. The van der Waals surface area contributed by atoms with E-state index in [0.717, 1.165) is 18.7 Å². The van der Waals surface area contributed by atoms with Crippen LogP contribution in [0.3, 0.4) is 0 Å². The van der Waals surface area contributed by atoms with Gasteiger partial charge in [0, 0.05) is 17.5 Å². The number of nitrogens with two attached hydrogens (primary N) is 1. The van der Waals surface area contributed by atoms with Crippen molar-refractivity contribution in [2.45, 2.75) is 25.9 Å². The van der Waals surface area contributed by atoms with E-state index in [1.54, 1.807) is 6.07 Å². The summed E-state index contributed by atoms with van der Waals surface area (Å²) in [6.45, 7) is 3.92. The highest BCUT2D eigenvalue weighted by Gasteiger charge is 2.25. The Morgan fingerprint density at radius 2 is 2.40 bits per heavy atom. The van der Waals surface area contributed by atoms with Crippen LogP contribution in [-0.4, -0.2) is 17.4 Å². The van der Waals surface area contributed by atoms with Gasteiger partial charge < -0.3 is 4.42 Å². The zero-order valence-corrected chi connectivity index (χ0v) is 12.1. The molecule has 1 aliphatic rings. The average molecular weight is 291 g/mol. The molecule has 1 atom stereocenters. The van der Waals surface area contributed by atoms with Gasteiger partial charge in [0.15, 0.2) is 5.76 Å². The third kappa shape index (κ3) is 2.37. The molecule has 0 fully saturated rings. The van der Waals surface area contributed by atoms with Crippen molar-refractivity contribution in [3.63, 3.8) is 0 Å². The van der Waals surface area contributed by atoms with Crippen LogP contribution < -0.4 is 11.3 Å². The summed E-state index contributed by atoms with van der Waals surface area (Å²) < 4.78 is 5.53. The number of rotatable bonds is 3. The fourth-order valence-corrected chi connectivity index (χ4v) is 3.60. The van der Waals surface area contributed by atoms with Crippen LogP contribution in [-0.2, 0) is 13.0 Å². The van der Waals surface area contributed by atoms with Crippen molar-refractivity contribution in [3.05, 3.63) is 45.5 Å². The molecule has 5 nitrogen and oxygen atoms in total. The van der Waals surface area contributed by atoms with Gasteiger partial charge in [-0.3, -0.25) is 15.1 Å². The van der Waals surface area contributed by atoms with E-state index in [2.05, 4.69) is 28.7 Å². The lowest BCUT2D eigenvalue weighted by atomic mass is 10.0. The number of carbonyl (C=O) groups is 1. The van der Waals surface area contributed by atoms with E-state index < -0.39 is 5.91 Å². The molecule has 0 spiro atoms. The van der Waals surface area contributed by atoms with Crippen molar-refractivity contribution < 1.29 is 9.21 Å². The summed E-state index contributed by atoms with van der Waals surface area (Å²) in [7, 11) is 0. The second-order valence-electron chi connectivity index (χ2n) is 4.93. The Morgan fingerprint density at radius 3 is 3.20 bits per heavy atom. The van der Waals surface area contributed by atoms with E-state index >= 15 is 0 Å². The van der Waals surface area contributed by atoms with Gasteiger partial charge in [-0.1, -0.05) is 0 Å². The molecule has 0 saturated carbocycles. The van der Waals surface area contributed by atoms with Crippen LogP contribution in [0.25, 0.3) is 0 Å². The van der Waals surface area contributed by atoms with Crippen molar-refractivity contribution in [2.75, 3.05) is 6.54 Å². The molecule has 0 bridgehead atoms. The van der Waals surface area contributed by atoms with Gasteiger partial charge >= 0.3 is 5.91 Å². The minimum Gasteiger partial charge on any atom is -0.455 e. The van der Waals surface area contributed by atoms with Crippen molar-refractivity contribution in [3.8, 4) is 0 Å². The van der Waals surface area contributed by atoms with E-state index in [1.807, 2.05) is 17.4 Å². The van der Waals surface area contributed by atoms with Gasteiger partial charge in [-0.2, -0.15) is 0 Å². The summed E-state index contributed by atoms with van der Waals surface area (Å²) >= 11 is 1.83. The highest BCUT2D eigenvalue weighted by Crippen LogP contribution is 2.33. The van der Waals surface area contributed by atoms with Gasteiger partial charge in [-0.05, 0) is 42.5 Å². The fourth-order valence-electron chi connectivity index (χ4n) is 2.63. The lowest BCUT2D eigenvalue weighted by Crippen LogP contribution is -2.32. The first-order valence-electron chi connectivity index (χ1n) is 6.59. The number of hydrogen-bond donors (Lipinski definition) is 2. The third-order valence-electron chi connectivity index (χ3n) is 3.78. The van der Waals surface area contributed by atoms with Crippen LogP contribution >= 0.6 is 11.3 Å². The van der Waals surface area contributed by atoms with Gasteiger partial charge in [0.1, 0.15) is 5.76 Å². The Labute approximate surface area is 121 Å². The number of nitrogens with zero attached hydrogens (tertiary/aromatic N) is 1. The van der Waals surface area contributed by atoms with Crippen LogP contribution in [0.4, 0.5) is 0 Å². The van der Waals surface area contributed by atoms with E-state index in [0.29, 0.717) is 12.6 Å². The van der Waals surface area contributed by atoms with E-state index in [4.69, 9.17) is 10.3 Å². The van der Waals surface area contributed by atoms with Crippen LogP contribution in [0, 0.1) is 0 Å². The van der Waals surface area contributed by atoms with E-state index in [9.17, 15) is 4.79 Å². The van der Waals surface area contributed by atoms with Gasteiger partial charge in [-0.25, -0.2) is 5.84 Å². The molecule has 6 heteroatoms. The molecule has 2 aromatic rings. The maximum atomic E-state index is 11.4. The molecule has 2 aromatic heterocycles. The molecule has 0 aromatic carbocycles. The number of nitrogens with one attached hydrogen (secondary N) is 1. The number of carbonyl (C=O) groups excluding carboxylic acids is 1. The largest absolute Gasteiger partial charge is 0.455 e. The number of hydrogen-bond acceptors (Lipinski definition) is 5. The third-order valence-corrected chi connectivity index (χ3v) is 4.78. The summed E-state index contributed by atoms with van der Waals surface area (Å²) in [5.41, 5.74) is 3.48. The van der Waals surface area contributed by atoms with Gasteiger partial charge in [0.2, 0.25) is 0 Å². The van der Waals surface area contributed by atoms with Crippen molar-refractivity contribution in [1.82, 2.24) is 10.3 Å². The molecular weight excluding hydrogens is 274 g/mol. The Morgan fingerprint density at radius 1 is 1.55 bits per heavy atom. The maximum Gasteiger partial charge on any atom is 0.300 e. The molecule has 0 aliphatic carbocycles. The second kappa shape index (κ2) is 5.40. The first-order chi connectivity index (χ1) is 9.69. The molecule has 3 N–H and O–H groups in total. The number of nitrogen functional groups attached to an aromatic ring is 1. The highest BCUT2D eigenvalue weighted by molar-refractivity contribution is 7.10. The molecule has 1 aliphatic heterocycles.